The number of rotatable bonds is 6. The van der Waals surface area contributed by atoms with Crippen molar-refractivity contribution in [1.82, 2.24) is 0 Å². The molecule has 0 spiro atoms. The molecule has 0 radical (unpaired) electrons. The normalized spacial score (nSPS) is 11.8. The molecule has 2 amide bonds. The quantitative estimate of drug-likeness (QED) is 0.736. The lowest BCUT2D eigenvalue weighted by Gasteiger charge is -2.13. The summed E-state index contributed by atoms with van der Waals surface area (Å²) in [6.45, 7) is 0.180. The SMILES string of the molecule is NC(=O)OC(COCc1ccccc1)C(N)=O. The van der Waals surface area contributed by atoms with E-state index in [4.69, 9.17) is 16.2 Å². The maximum atomic E-state index is 10.9. The standard InChI is InChI=1S/C11H14N2O4/c12-10(14)9(17-11(13)15)7-16-6-8-4-2-1-3-5-8/h1-5,9H,6-7H2,(H2,12,14)(H2,13,15). The molecule has 6 nitrogen and oxygen atoms in total. The Hall–Kier alpha value is -2.08. The van der Waals surface area contributed by atoms with Gasteiger partial charge in [-0.15, -0.1) is 0 Å². The molecule has 0 aliphatic heterocycles. The molecular weight excluding hydrogens is 224 g/mol. The van der Waals surface area contributed by atoms with Gasteiger partial charge in [0.15, 0.2) is 0 Å². The van der Waals surface area contributed by atoms with E-state index in [2.05, 4.69) is 4.74 Å². The van der Waals surface area contributed by atoms with Gasteiger partial charge in [0, 0.05) is 0 Å². The van der Waals surface area contributed by atoms with E-state index in [9.17, 15) is 9.59 Å². The molecule has 92 valence electrons. The van der Waals surface area contributed by atoms with Gasteiger partial charge in [-0.1, -0.05) is 30.3 Å². The van der Waals surface area contributed by atoms with E-state index in [0.29, 0.717) is 6.61 Å². The first-order valence-electron chi connectivity index (χ1n) is 4.96. The first kappa shape index (κ1) is 13.0. The van der Waals surface area contributed by atoms with Crippen molar-refractivity contribution in [2.45, 2.75) is 12.7 Å². The van der Waals surface area contributed by atoms with Gasteiger partial charge in [0.2, 0.25) is 6.10 Å². The van der Waals surface area contributed by atoms with Crippen LogP contribution in [0.5, 0.6) is 0 Å². The van der Waals surface area contributed by atoms with Crippen molar-refractivity contribution >= 4 is 12.0 Å². The fourth-order valence-electron chi connectivity index (χ4n) is 1.17. The maximum absolute atomic E-state index is 10.9. The minimum Gasteiger partial charge on any atom is -0.434 e. The third-order valence-corrected chi connectivity index (χ3v) is 1.96. The Morgan fingerprint density at radius 2 is 1.82 bits per heavy atom. The summed E-state index contributed by atoms with van der Waals surface area (Å²) in [6, 6.07) is 9.35. The van der Waals surface area contributed by atoms with E-state index in [1.807, 2.05) is 30.3 Å². The van der Waals surface area contributed by atoms with Crippen molar-refractivity contribution in [2.75, 3.05) is 6.61 Å². The smallest absolute Gasteiger partial charge is 0.405 e. The van der Waals surface area contributed by atoms with Crippen LogP contribution < -0.4 is 11.5 Å². The lowest BCUT2D eigenvalue weighted by atomic mass is 10.2. The highest BCUT2D eigenvalue weighted by molar-refractivity contribution is 5.81. The minimum atomic E-state index is -1.16. The van der Waals surface area contributed by atoms with Crippen LogP contribution >= 0.6 is 0 Å². The number of benzene rings is 1. The monoisotopic (exact) mass is 238 g/mol. The van der Waals surface area contributed by atoms with Gasteiger partial charge in [-0.2, -0.15) is 0 Å². The number of primary amides is 2. The van der Waals surface area contributed by atoms with Crippen LogP contribution in [0.25, 0.3) is 0 Å². The Morgan fingerprint density at radius 1 is 1.18 bits per heavy atom. The van der Waals surface area contributed by atoms with Gasteiger partial charge in [0.05, 0.1) is 13.2 Å². The van der Waals surface area contributed by atoms with E-state index >= 15 is 0 Å². The average Bonchev–Trinajstić information content (AvgIpc) is 2.28. The summed E-state index contributed by atoms with van der Waals surface area (Å²) in [7, 11) is 0. The minimum absolute atomic E-state index is 0.118. The lowest BCUT2D eigenvalue weighted by Crippen LogP contribution is -2.38. The number of nitrogens with two attached hydrogens (primary N) is 2. The molecule has 0 aromatic heterocycles. The third kappa shape index (κ3) is 4.98. The second-order valence-electron chi connectivity index (χ2n) is 3.33. The zero-order valence-electron chi connectivity index (χ0n) is 9.17. The molecular formula is C11H14N2O4. The van der Waals surface area contributed by atoms with Crippen LogP contribution in [0.2, 0.25) is 0 Å². The van der Waals surface area contributed by atoms with Crippen LogP contribution in [-0.4, -0.2) is 24.7 Å². The van der Waals surface area contributed by atoms with Gasteiger partial charge in [-0.3, -0.25) is 4.79 Å². The van der Waals surface area contributed by atoms with Crippen molar-refractivity contribution in [2.24, 2.45) is 11.5 Å². The zero-order valence-corrected chi connectivity index (χ0v) is 9.17. The lowest BCUT2D eigenvalue weighted by molar-refractivity contribution is -0.129. The molecule has 0 bridgehead atoms. The summed E-state index contributed by atoms with van der Waals surface area (Å²) in [4.78, 5) is 21.4. The fourth-order valence-corrected chi connectivity index (χ4v) is 1.17. The van der Waals surface area contributed by atoms with Gasteiger partial charge >= 0.3 is 6.09 Å². The van der Waals surface area contributed by atoms with E-state index in [1.165, 1.54) is 0 Å². The fraction of sp³-hybridized carbons (Fsp3) is 0.273. The number of hydrogen-bond donors (Lipinski definition) is 2. The predicted molar refractivity (Wildman–Crippen MR) is 59.7 cm³/mol. The molecule has 17 heavy (non-hydrogen) atoms. The second kappa shape index (κ2) is 6.49. The van der Waals surface area contributed by atoms with Crippen molar-refractivity contribution in [3.8, 4) is 0 Å². The van der Waals surface area contributed by atoms with Crippen LogP contribution in [0.4, 0.5) is 4.79 Å². The molecule has 0 aliphatic rings. The average molecular weight is 238 g/mol. The van der Waals surface area contributed by atoms with Gasteiger partial charge in [-0.05, 0) is 5.56 Å². The first-order chi connectivity index (χ1) is 8.09. The number of hydrogen-bond acceptors (Lipinski definition) is 4. The Balaban J connectivity index is 2.37. The van der Waals surface area contributed by atoms with Crippen molar-refractivity contribution in [3.63, 3.8) is 0 Å². The number of carbonyl (C=O) groups is 2. The number of carbonyl (C=O) groups excluding carboxylic acids is 2. The number of amides is 2. The molecule has 0 fully saturated rings. The largest absolute Gasteiger partial charge is 0.434 e. The van der Waals surface area contributed by atoms with Crippen molar-refractivity contribution < 1.29 is 19.1 Å². The topological polar surface area (TPSA) is 105 Å². The second-order valence-corrected chi connectivity index (χ2v) is 3.33. The Morgan fingerprint density at radius 3 is 2.35 bits per heavy atom. The summed E-state index contributed by atoms with van der Waals surface area (Å²) in [5, 5.41) is 0. The maximum Gasteiger partial charge on any atom is 0.405 e. The molecule has 1 unspecified atom stereocenters. The van der Waals surface area contributed by atoms with Crippen molar-refractivity contribution in [3.05, 3.63) is 35.9 Å². The molecule has 1 aromatic carbocycles. The summed E-state index contributed by atoms with van der Waals surface area (Å²) < 4.78 is 9.70. The molecule has 6 heteroatoms. The third-order valence-electron chi connectivity index (χ3n) is 1.96. The Bertz CT molecular complexity index is 380. The van der Waals surface area contributed by atoms with Crippen LogP contribution in [0, 0.1) is 0 Å². The van der Waals surface area contributed by atoms with E-state index < -0.39 is 18.1 Å². The van der Waals surface area contributed by atoms with Gasteiger partial charge < -0.3 is 20.9 Å². The van der Waals surface area contributed by atoms with Crippen LogP contribution in [0.3, 0.4) is 0 Å². The molecule has 1 rings (SSSR count). The van der Waals surface area contributed by atoms with Crippen molar-refractivity contribution in [1.29, 1.82) is 0 Å². The van der Waals surface area contributed by atoms with E-state index in [1.54, 1.807) is 0 Å². The zero-order chi connectivity index (χ0) is 12.7. The summed E-state index contributed by atoms with van der Waals surface area (Å²) in [6.07, 6.45) is -2.21. The molecule has 0 aliphatic carbocycles. The molecule has 1 aromatic rings. The summed E-state index contributed by atoms with van der Waals surface area (Å²) in [5.41, 5.74) is 10.7. The molecule has 0 saturated heterocycles. The van der Waals surface area contributed by atoms with E-state index in [0.717, 1.165) is 5.56 Å². The van der Waals surface area contributed by atoms with E-state index in [-0.39, 0.29) is 6.61 Å². The van der Waals surface area contributed by atoms with Gasteiger partial charge in [-0.25, -0.2) is 4.79 Å². The number of ether oxygens (including phenoxy) is 2. The summed E-state index contributed by atoms with van der Waals surface area (Å²) in [5.74, 6) is -0.795. The Labute approximate surface area is 98.5 Å². The molecule has 1 atom stereocenters. The van der Waals surface area contributed by atoms with Crippen LogP contribution in [-0.2, 0) is 20.9 Å². The van der Waals surface area contributed by atoms with Crippen LogP contribution in [0.15, 0.2) is 30.3 Å². The van der Waals surface area contributed by atoms with Gasteiger partial charge in [0.1, 0.15) is 0 Å². The predicted octanol–water partition coefficient (Wildman–Crippen LogP) is 0.152. The molecule has 0 heterocycles. The molecule has 0 saturated carbocycles. The highest BCUT2D eigenvalue weighted by Gasteiger charge is 2.19. The first-order valence-corrected chi connectivity index (χ1v) is 4.96. The summed E-state index contributed by atoms with van der Waals surface area (Å²) >= 11 is 0. The highest BCUT2D eigenvalue weighted by Crippen LogP contribution is 2.02. The highest BCUT2D eigenvalue weighted by atomic mass is 16.6. The van der Waals surface area contributed by atoms with Crippen LogP contribution in [0.1, 0.15) is 5.56 Å². The van der Waals surface area contributed by atoms with Gasteiger partial charge in [0.25, 0.3) is 5.91 Å². The Kier molecular flexibility index (Phi) is 4.96. The molecule has 4 N–H and O–H groups in total.